The standard InChI is InChI=1S/C12H16ClN3/c1-4-6-10-14-11-7-8(3)9(5-2)12(13)16(11)15-10/h7H,4-6H2,1-3H3. The second-order valence-corrected chi connectivity index (χ2v) is 4.36. The molecule has 2 aromatic rings. The Balaban J connectivity index is 2.63. The van der Waals surface area contributed by atoms with Crippen molar-refractivity contribution in [3.05, 3.63) is 28.2 Å². The van der Waals surface area contributed by atoms with Crippen LogP contribution in [0.2, 0.25) is 5.15 Å². The van der Waals surface area contributed by atoms with Gasteiger partial charge >= 0.3 is 0 Å². The van der Waals surface area contributed by atoms with Gasteiger partial charge in [0.25, 0.3) is 0 Å². The van der Waals surface area contributed by atoms with Crippen LogP contribution in [0.1, 0.15) is 37.2 Å². The van der Waals surface area contributed by atoms with E-state index in [4.69, 9.17) is 11.6 Å². The summed E-state index contributed by atoms with van der Waals surface area (Å²) in [6.45, 7) is 6.29. The number of halogens is 1. The quantitative estimate of drug-likeness (QED) is 0.768. The van der Waals surface area contributed by atoms with Gasteiger partial charge in [-0.15, -0.1) is 5.10 Å². The number of rotatable bonds is 3. The van der Waals surface area contributed by atoms with E-state index in [0.29, 0.717) is 5.15 Å². The summed E-state index contributed by atoms with van der Waals surface area (Å²) < 4.78 is 1.75. The highest BCUT2D eigenvalue weighted by Crippen LogP contribution is 2.22. The zero-order valence-electron chi connectivity index (χ0n) is 9.92. The fraction of sp³-hybridized carbons (Fsp3) is 0.500. The lowest BCUT2D eigenvalue weighted by Crippen LogP contribution is -1.98. The summed E-state index contributed by atoms with van der Waals surface area (Å²) in [6, 6.07) is 2.05. The first-order valence-corrected chi connectivity index (χ1v) is 6.08. The Morgan fingerprint density at radius 2 is 2.12 bits per heavy atom. The summed E-state index contributed by atoms with van der Waals surface area (Å²) in [6.07, 6.45) is 2.87. The molecular weight excluding hydrogens is 222 g/mol. The van der Waals surface area contributed by atoms with Crippen LogP contribution in [0.4, 0.5) is 0 Å². The van der Waals surface area contributed by atoms with Gasteiger partial charge in [-0.25, -0.2) is 9.50 Å². The first-order valence-electron chi connectivity index (χ1n) is 5.71. The van der Waals surface area contributed by atoms with Crippen molar-refractivity contribution < 1.29 is 0 Å². The molecular formula is C12H16ClN3. The van der Waals surface area contributed by atoms with Gasteiger partial charge in [0.2, 0.25) is 0 Å². The normalized spacial score (nSPS) is 11.2. The predicted octanol–water partition coefficient (Wildman–Crippen LogP) is 3.21. The molecule has 0 aromatic carbocycles. The molecule has 86 valence electrons. The molecule has 0 fully saturated rings. The average Bonchev–Trinajstić information content (AvgIpc) is 2.62. The van der Waals surface area contributed by atoms with Crippen molar-refractivity contribution in [2.24, 2.45) is 0 Å². The van der Waals surface area contributed by atoms with Crippen LogP contribution in [0, 0.1) is 6.92 Å². The molecule has 0 unspecified atom stereocenters. The van der Waals surface area contributed by atoms with E-state index in [1.807, 2.05) is 0 Å². The van der Waals surface area contributed by atoms with Crippen molar-refractivity contribution >= 4 is 17.2 Å². The Morgan fingerprint density at radius 1 is 1.38 bits per heavy atom. The smallest absolute Gasteiger partial charge is 0.157 e. The van der Waals surface area contributed by atoms with E-state index in [-0.39, 0.29) is 0 Å². The van der Waals surface area contributed by atoms with Crippen LogP contribution in [0.3, 0.4) is 0 Å². The van der Waals surface area contributed by atoms with Crippen LogP contribution >= 0.6 is 11.6 Å². The second kappa shape index (κ2) is 4.42. The van der Waals surface area contributed by atoms with Crippen molar-refractivity contribution in [2.45, 2.75) is 40.0 Å². The van der Waals surface area contributed by atoms with Gasteiger partial charge < -0.3 is 0 Å². The number of hydrogen-bond donors (Lipinski definition) is 0. The minimum absolute atomic E-state index is 0.701. The molecule has 0 aliphatic rings. The molecule has 4 heteroatoms. The van der Waals surface area contributed by atoms with Crippen molar-refractivity contribution in [1.29, 1.82) is 0 Å². The third-order valence-corrected chi connectivity index (χ3v) is 3.15. The maximum atomic E-state index is 6.32. The van der Waals surface area contributed by atoms with Gasteiger partial charge in [-0.05, 0) is 37.0 Å². The van der Waals surface area contributed by atoms with E-state index < -0.39 is 0 Å². The number of nitrogens with zero attached hydrogens (tertiary/aromatic N) is 3. The van der Waals surface area contributed by atoms with Gasteiger partial charge in [0.1, 0.15) is 5.15 Å². The van der Waals surface area contributed by atoms with Crippen LogP contribution in [-0.4, -0.2) is 14.6 Å². The van der Waals surface area contributed by atoms with Gasteiger partial charge in [0, 0.05) is 6.42 Å². The highest BCUT2D eigenvalue weighted by molar-refractivity contribution is 6.30. The molecule has 2 rings (SSSR count). The zero-order valence-corrected chi connectivity index (χ0v) is 10.7. The number of hydrogen-bond acceptors (Lipinski definition) is 2. The molecule has 0 saturated carbocycles. The predicted molar refractivity (Wildman–Crippen MR) is 66.1 cm³/mol. The number of fused-ring (bicyclic) bond motifs is 1. The second-order valence-electron chi connectivity index (χ2n) is 4.00. The van der Waals surface area contributed by atoms with Gasteiger partial charge in [-0.2, -0.15) is 0 Å². The van der Waals surface area contributed by atoms with Crippen LogP contribution in [0.5, 0.6) is 0 Å². The Bertz CT molecular complexity index is 516. The van der Waals surface area contributed by atoms with Crippen LogP contribution in [-0.2, 0) is 12.8 Å². The molecule has 0 N–H and O–H groups in total. The minimum atomic E-state index is 0.701. The Morgan fingerprint density at radius 3 is 2.75 bits per heavy atom. The maximum absolute atomic E-state index is 6.32. The third-order valence-electron chi connectivity index (χ3n) is 2.76. The van der Waals surface area contributed by atoms with Crippen molar-refractivity contribution in [2.75, 3.05) is 0 Å². The summed E-state index contributed by atoms with van der Waals surface area (Å²) in [5.41, 5.74) is 3.20. The van der Waals surface area contributed by atoms with E-state index >= 15 is 0 Å². The van der Waals surface area contributed by atoms with E-state index in [0.717, 1.165) is 36.3 Å². The van der Waals surface area contributed by atoms with Crippen molar-refractivity contribution in [3.8, 4) is 0 Å². The molecule has 16 heavy (non-hydrogen) atoms. The summed E-state index contributed by atoms with van der Waals surface area (Å²) in [4.78, 5) is 4.47. The van der Waals surface area contributed by atoms with E-state index in [1.54, 1.807) is 4.52 Å². The van der Waals surface area contributed by atoms with Gasteiger partial charge in [0.05, 0.1) is 0 Å². The lowest BCUT2D eigenvalue weighted by Gasteiger charge is -2.06. The van der Waals surface area contributed by atoms with Crippen molar-refractivity contribution in [3.63, 3.8) is 0 Å². The minimum Gasteiger partial charge on any atom is -0.212 e. The molecule has 0 atom stereocenters. The zero-order chi connectivity index (χ0) is 11.7. The van der Waals surface area contributed by atoms with E-state index in [2.05, 4.69) is 36.9 Å². The molecule has 0 radical (unpaired) electrons. The molecule has 0 amide bonds. The monoisotopic (exact) mass is 237 g/mol. The van der Waals surface area contributed by atoms with Gasteiger partial charge in [-0.3, -0.25) is 0 Å². The molecule has 0 aliphatic heterocycles. The summed E-state index contributed by atoms with van der Waals surface area (Å²) >= 11 is 6.32. The van der Waals surface area contributed by atoms with E-state index in [9.17, 15) is 0 Å². The number of pyridine rings is 1. The molecule has 0 saturated heterocycles. The Labute approximate surface area is 100 Å². The number of aryl methyl sites for hydroxylation is 2. The fourth-order valence-electron chi connectivity index (χ4n) is 1.93. The molecule has 2 aromatic heterocycles. The van der Waals surface area contributed by atoms with Crippen LogP contribution < -0.4 is 0 Å². The SMILES string of the molecule is CCCc1nc2cc(C)c(CC)c(Cl)n2n1. The lowest BCUT2D eigenvalue weighted by atomic mass is 10.1. The molecule has 0 aliphatic carbocycles. The maximum Gasteiger partial charge on any atom is 0.157 e. The Kier molecular flexibility index (Phi) is 3.15. The lowest BCUT2D eigenvalue weighted by molar-refractivity contribution is 0.815. The van der Waals surface area contributed by atoms with Crippen LogP contribution in [0.25, 0.3) is 5.65 Å². The topological polar surface area (TPSA) is 30.2 Å². The fourth-order valence-corrected chi connectivity index (χ4v) is 2.34. The largest absolute Gasteiger partial charge is 0.212 e. The van der Waals surface area contributed by atoms with Gasteiger partial charge in [-0.1, -0.05) is 25.4 Å². The molecule has 3 nitrogen and oxygen atoms in total. The highest BCUT2D eigenvalue weighted by Gasteiger charge is 2.11. The first kappa shape index (κ1) is 11.4. The number of aromatic nitrogens is 3. The first-order chi connectivity index (χ1) is 7.67. The van der Waals surface area contributed by atoms with Crippen molar-refractivity contribution in [1.82, 2.24) is 14.6 Å². The average molecular weight is 238 g/mol. The molecule has 2 heterocycles. The molecule has 0 bridgehead atoms. The summed E-state index contributed by atoms with van der Waals surface area (Å²) in [7, 11) is 0. The highest BCUT2D eigenvalue weighted by atomic mass is 35.5. The van der Waals surface area contributed by atoms with E-state index in [1.165, 1.54) is 5.56 Å². The summed E-state index contributed by atoms with van der Waals surface area (Å²) in [5, 5.41) is 5.13. The van der Waals surface area contributed by atoms with Gasteiger partial charge in [0.15, 0.2) is 11.5 Å². The summed E-state index contributed by atoms with van der Waals surface area (Å²) in [5.74, 6) is 0.872. The third kappa shape index (κ3) is 1.80. The van der Waals surface area contributed by atoms with Crippen LogP contribution in [0.15, 0.2) is 6.07 Å². The Hall–Kier alpha value is -1.09. The molecule has 0 spiro atoms.